The molecular formula is C23H34N4O3. The third-order valence-electron chi connectivity index (χ3n) is 7.14. The Bertz CT molecular complexity index is 831. The highest BCUT2D eigenvalue weighted by Crippen LogP contribution is 2.63. The molecule has 2 aliphatic rings. The van der Waals surface area contributed by atoms with Crippen molar-refractivity contribution in [2.45, 2.75) is 59.9 Å². The first kappa shape index (κ1) is 22.1. The molecule has 30 heavy (non-hydrogen) atoms. The van der Waals surface area contributed by atoms with E-state index in [0.717, 1.165) is 24.2 Å². The van der Waals surface area contributed by atoms with E-state index in [0.29, 0.717) is 11.7 Å². The summed E-state index contributed by atoms with van der Waals surface area (Å²) in [4.78, 5) is 25.8. The maximum Gasteiger partial charge on any atom is 0.321 e. The van der Waals surface area contributed by atoms with Crippen molar-refractivity contribution in [3.05, 3.63) is 24.3 Å². The molecule has 0 aliphatic heterocycles. The first-order chi connectivity index (χ1) is 14.0. The number of benzene rings is 1. The summed E-state index contributed by atoms with van der Waals surface area (Å²) in [7, 11) is 1.71. The highest BCUT2D eigenvalue weighted by molar-refractivity contribution is 5.95. The van der Waals surface area contributed by atoms with E-state index in [2.05, 4.69) is 36.6 Å². The van der Waals surface area contributed by atoms with E-state index >= 15 is 0 Å². The van der Waals surface area contributed by atoms with Gasteiger partial charge in [-0.3, -0.25) is 9.69 Å². The second kappa shape index (κ2) is 8.28. The Morgan fingerprint density at radius 3 is 2.43 bits per heavy atom. The predicted octanol–water partition coefficient (Wildman–Crippen LogP) is 3.94. The van der Waals surface area contributed by atoms with Crippen LogP contribution in [-0.2, 0) is 4.79 Å². The number of hydrazone groups is 1. The van der Waals surface area contributed by atoms with Crippen LogP contribution in [0.5, 0.6) is 5.75 Å². The fourth-order valence-electron chi connectivity index (χ4n) is 4.64. The molecule has 0 heterocycles. The SMILES string of the molecule is CC(C)NC(=O)N(C)c1ccc(OCC(=O)N/N=C2\CC3CCC2(C)C3(C)C)cc1. The van der Waals surface area contributed by atoms with Gasteiger partial charge in [-0.05, 0) is 68.7 Å². The third kappa shape index (κ3) is 4.16. The molecule has 3 rings (SSSR count). The highest BCUT2D eigenvalue weighted by Gasteiger charge is 2.60. The fraction of sp³-hybridized carbons (Fsp3) is 0.609. The van der Waals surface area contributed by atoms with E-state index in [1.54, 1.807) is 31.3 Å². The molecule has 2 fully saturated rings. The average molecular weight is 415 g/mol. The molecular weight excluding hydrogens is 380 g/mol. The van der Waals surface area contributed by atoms with Crippen molar-refractivity contribution in [3.8, 4) is 5.75 Å². The lowest BCUT2D eigenvalue weighted by Gasteiger charge is -2.34. The van der Waals surface area contributed by atoms with E-state index in [1.807, 2.05) is 13.8 Å². The highest BCUT2D eigenvalue weighted by atomic mass is 16.5. The molecule has 1 aromatic carbocycles. The largest absolute Gasteiger partial charge is 0.484 e. The minimum atomic E-state index is -0.274. The summed E-state index contributed by atoms with van der Waals surface area (Å²) >= 11 is 0. The van der Waals surface area contributed by atoms with Crippen LogP contribution < -0.4 is 20.4 Å². The number of ether oxygens (including phenoxy) is 1. The van der Waals surface area contributed by atoms with E-state index in [-0.39, 0.29) is 35.4 Å². The van der Waals surface area contributed by atoms with Gasteiger partial charge in [0.2, 0.25) is 0 Å². The average Bonchev–Trinajstić information content (AvgIpc) is 3.03. The Hall–Kier alpha value is -2.57. The van der Waals surface area contributed by atoms with Crippen molar-refractivity contribution in [1.82, 2.24) is 10.7 Å². The van der Waals surface area contributed by atoms with Crippen molar-refractivity contribution in [2.75, 3.05) is 18.6 Å². The molecule has 3 amide bonds. The van der Waals surface area contributed by atoms with Crippen molar-refractivity contribution >= 4 is 23.3 Å². The molecule has 2 atom stereocenters. The Morgan fingerprint density at radius 1 is 1.23 bits per heavy atom. The van der Waals surface area contributed by atoms with Gasteiger partial charge in [0.05, 0.1) is 0 Å². The number of hydrogen-bond acceptors (Lipinski definition) is 4. The van der Waals surface area contributed by atoms with Crippen LogP contribution in [0.2, 0.25) is 0 Å². The number of rotatable bonds is 6. The summed E-state index contributed by atoms with van der Waals surface area (Å²) in [5.74, 6) is 0.935. The predicted molar refractivity (Wildman–Crippen MR) is 119 cm³/mol. The van der Waals surface area contributed by atoms with Gasteiger partial charge in [0, 0.05) is 29.9 Å². The molecule has 2 saturated carbocycles. The van der Waals surface area contributed by atoms with Crippen LogP contribution in [-0.4, -0.2) is 37.3 Å². The molecule has 7 nitrogen and oxygen atoms in total. The van der Waals surface area contributed by atoms with Gasteiger partial charge >= 0.3 is 6.03 Å². The number of anilines is 1. The normalized spacial score (nSPS) is 25.4. The number of fused-ring (bicyclic) bond motifs is 2. The first-order valence-corrected chi connectivity index (χ1v) is 10.7. The second-order valence-electron chi connectivity index (χ2n) is 9.53. The molecule has 0 radical (unpaired) electrons. The minimum Gasteiger partial charge on any atom is -0.484 e. The van der Waals surface area contributed by atoms with E-state index in [4.69, 9.17) is 4.74 Å². The van der Waals surface area contributed by atoms with Gasteiger partial charge in [-0.1, -0.05) is 20.8 Å². The molecule has 2 N–H and O–H groups in total. The minimum absolute atomic E-state index is 0.0650. The van der Waals surface area contributed by atoms with Gasteiger partial charge < -0.3 is 10.1 Å². The van der Waals surface area contributed by atoms with Crippen molar-refractivity contribution in [3.63, 3.8) is 0 Å². The van der Waals surface area contributed by atoms with Crippen LogP contribution >= 0.6 is 0 Å². The Kier molecular flexibility index (Phi) is 6.11. The van der Waals surface area contributed by atoms with Gasteiger partial charge in [0.1, 0.15) is 5.75 Å². The Morgan fingerprint density at radius 2 is 1.90 bits per heavy atom. The quantitative estimate of drug-likeness (QED) is 0.692. The van der Waals surface area contributed by atoms with Crippen LogP contribution in [0.3, 0.4) is 0 Å². The number of amides is 3. The number of nitrogens with one attached hydrogen (secondary N) is 2. The van der Waals surface area contributed by atoms with Gasteiger partial charge in [-0.25, -0.2) is 10.2 Å². The summed E-state index contributed by atoms with van der Waals surface area (Å²) in [6, 6.07) is 6.95. The van der Waals surface area contributed by atoms with Crippen LogP contribution in [0.1, 0.15) is 53.9 Å². The summed E-state index contributed by atoms with van der Waals surface area (Å²) in [6.07, 6.45) is 3.33. The molecule has 164 valence electrons. The van der Waals surface area contributed by atoms with Crippen molar-refractivity contribution in [2.24, 2.45) is 21.8 Å². The zero-order chi connectivity index (χ0) is 22.1. The third-order valence-corrected chi connectivity index (χ3v) is 7.14. The maximum absolute atomic E-state index is 12.2. The summed E-state index contributed by atoms with van der Waals surface area (Å²) in [6.45, 7) is 10.6. The number of carbonyl (C=O) groups excluding carboxylic acids is 2. The molecule has 2 unspecified atom stereocenters. The lowest BCUT2D eigenvalue weighted by Crippen LogP contribution is -2.40. The van der Waals surface area contributed by atoms with Gasteiger partial charge in [-0.15, -0.1) is 0 Å². The summed E-state index contributed by atoms with van der Waals surface area (Å²) in [5.41, 5.74) is 4.80. The van der Waals surface area contributed by atoms with E-state index in [1.165, 1.54) is 11.3 Å². The summed E-state index contributed by atoms with van der Waals surface area (Å²) in [5, 5.41) is 7.29. The second-order valence-corrected chi connectivity index (χ2v) is 9.53. The Labute approximate surface area is 179 Å². The summed E-state index contributed by atoms with van der Waals surface area (Å²) < 4.78 is 5.57. The number of hydrogen-bond donors (Lipinski definition) is 2. The lowest BCUT2D eigenvalue weighted by atomic mass is 9.70. The number of urea groups is 1. The zero-order valence-corrected chi connectivity index (χ0v) is 18.9. The van der Waals surface area contributed by atoms with Crippen LogP contribution in [0.15, 0.2) is 29.4 Å². The van der Waals surface area contributed by atoms with Crippen LogP contribution in [0.4, 0.5) is 10.5 Å². The van der Waals surface area contributed by atoms with Crippen LogP contribution in [0.25, 0.3) is 0 Å². The first-order valence-electron chi connectivity index (χ1n) is 10.7. The van der Waals surface area contributed by atoms with Crippen molar-refractivity contribution < 1.29 is 14.3 Å². The molecule has 0 aromatic heterocycles. The molecule has 0 saturated heterocycles. The van der Waals surface area contributed by atoms with Gasteiger partial charge in [0.15, 0.2) is 6.61 Å². The molecule has 2 bridgehead atoms. The van der Waals surface area contributed by atoms with Crippen LogP contribution in [0, 0.1) is 16.7 Å². The topological polar surface area (TPSA) is 83.0 Å². The molecule has 0 spiro atoms. The smallest absolute Gasteiger partial charge is 0.321 e. The fourth-order valence-corrected chi connectivity index (χ4v) is 4.64. The van der Waals surface area contributed by atoms with E-state index < -0.39 is 0 Å². The lowest BCUT2D eigenvalue weighted by molar-refractivity contribution is -0.123. The standard InChI is InChI=1S/C23H34N4O3/c1-15(2)24-21(29)27(6)17-7-9-18(10-8-17)30-14-20(28)26-25-19-13-16-11-12-23(19,5)22(16,3)4/h7-10,15-16H,11-14H2,1-6H3,(H,24,29)(H,26,28)/b25-19+. The monoisotopic (exact) mass is 414 g/mol. The van der Waals surface area contributed by atoms with Gasteiger partial charge in [0.25, 0.3) is 5.91 Å². The Balaban J connectivity index is 1.50. The van der Waals surface area contributed by atoms with E-state index in [9.17, 15) is 9.59 Å². The maximum atomic E-state index is 12.2. The number of carbonyl (C=O) groups is 2. The molecule has 2 aliphatic carbocycles. The molecule has 1 aromatic rings. The van der Waals surface area contributed by atoms with Crippen molar-refractivity contribution in [1.29, 1.82) is 0 Å². The number of nitrogens with zero attached hydrogens (tertiary/aromatic N) is 2. The van der Waals surface area contributed by atoms with Gasteiger partial charge in [-0.2, -0.15) is 5.10 Å². The molecule has 7 heteroatoms. The zero-order valence-electron chi connectivity index (χ0n) is 18.9.